The molecule has 0 aromatic heterocycles. The van der Waals surface area contributed by atoms with Gasteiger partial charge in [-0.15, -0.1) is 0 Å². The number of anilines is 1. The Labute approximate surface area is 250 Å². The number of allylic oxidation sites excluding steroid dienone is 6. The van der Waals surface area contributed by atoms with E-state index in [0.29, 0.717) is 6.04 Å². The van der Waals surface area contributed by atoms with Crippen LogP contribution >= 0.6 is 0 Å². The molecule has 0 N–H and O–H groups in total. The van der Waals surface area contributed by atoms with Crippen LogP contribution in [0.15, 0.2) is 150 Å². The highest BCUT2D eigenvalue weighted by Crippen LogP contribution is 2.58. The molecule has 4 aromatic carbocycles. The molecule has 8 rings (SSSR count). The predicted octanol–water partition coefficient (Wildman–Crippen LogP) is 9.70. The van der Waals surface area contributed by atoms with Crippen LogP contribution in [0.3, 0.4) is 0 Å². The second-order valence-corrected chi connectivity index (χ2v) is 12.8. The molecule has 0 spiro atoms. The molecule has 42 heavy (non-hydrogen) atoms. The second-order valence-electron chi connectivity index (χ2n) is 12.8. The summed E-state index contributed by atoms with van der Waals surface area (Å²) in [6, 6.07) is 38.8. The lowest BCUT2D eigenvalue weighted by molar-refractivity contribution is 0.657. The Bertz CT molecular complexity index is 1790. The van der Waals surface area contributed by atoms with Gasteiger partial charge in [0.2, 0.25) is 0 Å². The highest BCUT2D eigenvalue weighted by molar-refractivity contribution is 5.82. The van der Waals surface area contributed by atoms with E-state index in [4.69, 9.17) is 0 Å². The van der Waals surface area contributed by atoms with Crippen LogP contribution < -0.4 is 4.90 Å². The van der Waals surface area contributed by atoms with E-state index in [1.165, 1.54) is 55.8 Å². The average molecular weight is 544 g/mol. The zero-order valence-electron chi connectivity index (χ0n) is 24.8. The maximum atomic E-state index is 2.50. The van der Waals surface area contributed by atoms with Crippen molar-refractivity contribution in [3.63, 3.8) is 0 Å². The lowest BCUT2D eigenvalue weighted by Gasteiger charge is -2.39. The first kappa shape index (κ1) is 25.4. The first-order chi connectivity index (χ1) is 20.5. The van der Waals surface area contributed by atoms with Gasteiger partial charge in [0.25, 0.3) is 0 Å². The van der Waals surface area contributed by atoms with Gasteiger partial charge in [0.05, 0.1) is 11.5 Å². The Morgan fingerprint density at radius 3 is 2.12 bits per heavy atom. The molecular formula is C41H37N. The molecule has 4 aromatic rings. The van der Waals surface area contributed by atoms with Gasteiger partial charge < -0.3 is 4.90 Å². The van der Waals surface area contributed by atoms with Crippen molar-refractivity contribution in [2.75, 3.05) is 11.9 Å². The summed E-state index contributed by atoms with van der Waals surface area (Å²) >= 11 is 0. The van der Waals surface area contributed by atoms with Gasteiger partial charge in [-0.1, -0.05) is 129 Å². The van der Waals surface area contributed by atoms with Gasteiger partial charge in [-0.05, 0) is 87.1 Å². The summed E-state index contributed by atoms with van der Waals surface area (Å²) in [5.74, 6) is 0. The van der Waals surface area contributed by atoms with Crippen molar-refractivity contribution < 1.29 is 0 Å². The monoisotopic (exact) mass is 543 g/mol. The van der Waals surface area contributed by atoms with Gasteiger partial charge in [-0.2, -0.15) is 0 Å². The Balaban J connectivity index is 1.21. The third-order valence-corrected chi connectivity index (χ3v) is 10.5. The number of nitrogens with zero attached hydrogens (tertiary/aromatic N) is 1. The predicted molar refractivity (Wildman–Crippen MR) is 176 cm³/mol. The van der Waals surface area contributed by atoms with Crippen molar-refractivity contribution in [2.24, 2.45) is 0 Å². The summed E-state index contributed by atoms with van der Waals surface area (Å²) in [6.45, 7) is 4.74. The number of likely N-dealkylation sites (N-methyl/N-ethyl adjacent to an activating group) is 1. The van der Waals surface area contributed by atoms with Crippen molar-refractivity contribution in [2.45, 2.75) is 50.0 Å². The van der Waals surface area contributed by atoms with Gasteiger partial charge >= 0.3 is 0 Å². The molecule has 1 heteroatoms. The summed E-state index contributed by atoms with van der Waals surface area (Å²) in [5.41, 5.74) is 15.4. The van der Waals surface area contributed by atoms with E-state index in [1.807, 2.05) is 0 Å². The third kappa shape index (κ3) is 3.43. The van der Waals surface area contributed by atoms with E-state index in [1.54, 1.807) is 5.57 Å². The van der Waals surface area contributed by atoms with Crippen LogP contribution in [0.5, 0.6) is 0 Å². The molecule has 1 nitrogen and oxygen atoms in total. The maximum absolute atomic E-state index is 2.50. The van der Waals surface area contributed by atoms with Crippen molar-refractivity contribution in [3.8, 4) is 11.1 Å². The van der Waals surface area contributed by atoms with Crippen molar-refractivity contribution in [1.29, 1.82) is 0 Å². The number of hydrogen-bond acceptors (Lipinski definition) is 1. The molecular weight excluding hydrogens is 506 g/mol. The lowest BCUT2D eigenvalue weighted by atomic mass is 9.64. The van der Waals surface area contributed by atoms with Gasteiger partial charge in [0, 0.05) is 18.2 Å². The minimum Gasteiger partial charge on any atom is -0.368 e. The summed E-state index contributed by atoms with van der Waals surface area (Å²) < 4.78 is 0. The van der Waals surface area contributed by atoms with E-state index in [-0.39, 0.29) is 10.8 Å². The Morgan fingerprint density at radius 1 is 0.714 bits per heavy atom. The van der Waals surface area contributed by atoms with Crippen molar-refractivity contribution in [3.05, 3.63) is 172 Å². The van der Waals surface area contributed by atoms with Crippen LogP contribution in [-0.4, -0.2) is 13.1 Å². The van der Waals surface area contributed by atoms with Crippen LogP contribution in [0.25, 0.3) is 11.1 Å². The first-order valence-corrected chi connectivity index (χ1v) is 15.4. The third-order valence-electron chi connectivity index (χ3n) is 10.5. The lowest BCUT2D eigenvalue weighted by Crippen LogP contribution is -2.34. The number of fused-ring (bicyclic) bond motifs is 4. The largest absolute Gasteiger partial charge is 0.368 e. The number of hydrogen-bond donors (Lipinski definition) is 0. The van der Waals surface area contributed by atoms with E-state index >= 15 is 0 Å². The summed E-state index contributed by atoms with van der Waals surface area (Å²) in [5, 5.41) is 0. The zero-order valence-corrected chi connectivity index (χ0v) is 24.8. The smallest absolute Gasteiger partial charge is 0.0673 e. The molecule has 0 amide bonds. The molecule has 4 aliphatic carbocycles. The summed E-state index contributed by atoms with van der Waals surface area (Å²) in [6.07, 6.45) is 12.9. The molecule has 0 bridgehead atoms. The van der Waals surface area contributed by atoms with Gasteiger partial charge in [-0.3, -0.25) is 0 Å². The van der Waals surface area contributed by atoms with Gasteiger partial charge in [0.1, 0.15) is 0 Å². The molecule has 0 saturated heterocycles. The normalized spacial score (nSPS) is 20.7. The minimum absolute atomic E-state index is 0.00388. The van der Waals surface area contributed by atoms with Crippen LogP contribution in [0, 0.1) is 0 Å². The molecule has 1 unspecified atom stereocenters. The molecule has 0 radical (unpaired) electrons. The topological polar surface area (TPSA) is 3.24 Å². The van der Waals surface area contributed by atoms with Crippen LogP contribution in [0.2, 0.25) is 0 Å². The second kappa shape index (κ2) is 9.33. The van der Waals surface area contributed by atoms with E-state index in [2.05, 4.69) is 153 Å². The fourth-order valence-electron chi connectivity index (χ4n) is 8.37. The molecule has 4 aliphatic rings. The molecule has 0 aliphatic heterocycles. The fraction of sp³-hybridized carbons (Fsp3) is 0.220. The molecule has 0 saturated carbocycles. The van der Waals surface area contributed by atoms with Crippen LogP contribution in [0.1, 0.15) is 55.4 Å². The van der Waals surface area contributed by atoms with Crippen molar-refractivity contribution in [1.82, 2.24) is 0 Å². The Morgan fingerprint density at radius 2 is 1.38 bits per heavy atom. The van der Waals surface area contributed by atoms with E-state index < -0.39 is 0 Å². The highest BCUT2D eigenvalue weighted by Gasteiger charge is 2.49. The first-order valence-electron chi connectivity index (χ1n) is 15.4. The standard InChI is InChI=1S/C41H37N/c1-40(2)36-20-12-10-18-32(36)34-24-22-31(27-39(34)40)42(3)30-23-25-38-35(26-30)33-19-11-13-21-37(33)41(38,28-14-6-4-7-15-28)29-16-8-5-9-17-29/h4-12,14-20,22-25,27,30H,13,21,26H2,1-3H3. The Hall–Kier alpha value is -4.36. The summed E-state index contributed by atoms with van der Waals surface area (Å²) in [7, 11) is 2.28. The molecule has 1 atom stereocenters. The van der Waals surface area contributed by atoms with E-state index in [0.717, 1.165) is 19.3 Å². The number of rotatable bonds is 4. The highest BCUT2D eigenvalue weighted by atomic mass is 15.1. The minimum atomic E-state index is -0.235. The quantitative estimate of drug-likeness (QED) is 0.248. The molecule has 0 heterocycles. The maximum Gasteiger partial charge on any atom is 0.0673 e. The molecule has 0 fully saturated rings. The number of benzene rings is 4. The SMILES string of the molecule is CN(c1ccc2c(c1)C(C)(C)c1ccccc1-2)C1C=CC2=C(C1)C1=C(CCC=C1)C2(c1ccccc1)c1ccccc1. The van der Waals surface area contributed by atoms with Gasteiger partial charge in [-0.25, -0.2) is 0 Å². The summed E-state index contributed by atoms with van der Waals surface area (Å²) in [4.78, 5) is 2.50. The van der Waals surface area contributed by atoms with Gasteiger partial charge in [0.15, 0.2) is 0 Å². The van der Waals surface area contributed by atoms with Crippen molar-refractivity contribution >= 4 is 5.69 Å². The average Bonchev–Trinajstić information content (AvgIpc) is 3.47. The fourth-order valence-corrected chi connectivity index (χ4v) is 8.37. The van der Waals surface area contributed by atoms with Crippen LogP contribution in [0.4, 0.5) is 5.69 Å². The van der Waals surface area contributed by atoms with Crippen LogP contribution in [-0.2, 0) is 10.8 Å². The molecule has 206 valence electrons. The van der Waals surface area contributed by atoms with E-state index in [9.17, 15) is 0 Å². The zero-order chi connectivity index (χ0) is 28.5. The Kier molecular flexibility index (Phi) is 5.63.